The average Bonchev–Trinajstić information content (AvgIpc) is 2.15. The molecule has 2 atom stereocenters. The molecule has 17 heavy (non-hydrogen) atoms. The number of hydrogen-bond donors (Lipinski definition) is 0. The second kappa shape index (κ2) is 5.47. The third kappa shape index (κ3) is 4.32. The Kier molecular flexibility index (Phi) is 4.48. The van der Waals surface area contributed by atoms with E-state index in [1.807, 2.05) is 0 Å². The predicted octanol–water partition coefficient (Wildman–Crippen LogP) is 2.31. The summed E-state index contributed by atoms with van der Waals surface area (Å²) in [6.45, 7) is 5.65. The van der Waals surface area contributed by atoms with Gasteiger partial charge in [-0.3, -0.25) is 0 Å². The van der Waals surface area contributed by atoms with E-state index in [9.17, 15) is 14.0 Å². The molecule has 5 heteroatoms. The molecule has 0 aromatic heterocycles. The third-order valence-corrected chi connectivity index (χ3v) is 2.65. The zero-order chi connectivity index (χ0) is 13.1. The van der Waals surface area contributed by atoms with E-state index < -0.39 is 17.9 Å². The summed E-state index contributed by atoms with van der Waals surface area (Å²) in [6.07, 6.45) is 0.0293. The number of likely N-dealkylation sites (tertiary alicyclic amines) is 1. The fraction of sp³-hybridized carbons (Fsp3) is 0.833. The first-order chi connectivity index (χ1) is 7.83. The fourth-order valence-corrected chi connectivity index (χ4v) is 1.90. The van der Waals surface area contributed by atoms with Crippen molar-refractivity contribution in [2.45, 2.75) is 57.8 Å². The van der Waals surface area contributed by atoms with E-state index in [4.69, 9.17) is 4.74 Å². The largest absolute Gasteiger partial charge is 0.444 e. The van der Waals surface area contributed by atoms with Crippen molar-refractivity contribution < 1.29 is 18.7 Å². The standard InChI is InChI=1S/C12H20FNO3/c1-12(2,3)17-11(16)14-6-4-9(13)8-10(14)5-7-15/h7,9-10H,4-6,8H2,1-3H3/t9-,10-/m0/s1. The minimum atomic E-state index is -0.932. The quantitative estimate of drug-likeness (QED) is 0.701. The second-order valence-electron chi connectivity index (χ2n) is 5.35. The highest BCUT2D eigenvalue weighted by Crippen LogP contribution is 2.23. The van der Waals surface area contributed by atoms with Gasteiger partial charge < -0.3 is 14.4 Å². The van der Waals surface area contributed by atoms with Gasteiger partial charge in [-0.05, 0) is 33.6 Å². The van der Waals surface area contributed by atoms with E-state index in [1.54, 1.807) is 20.8 Å². The first kappa shape index (κ1) is 13.9. The maximum atomic E-state index is 13.2. The Morgan fingerprint density at radius 1 is 1.53 bits per heavy atom. The van der Waals surface area contributed by atoms with E-state index in [1.165, 1.54) is 4.90 Å². The van der Waals surface area contributed by atoms with Gasteiger partial charge in [0.25, 0.3) is 0 Å². The van der Waals surface area contributed by atoms with E-state index >= 15 is 0 Å². The Balaban J connectivity index is 2.65. The number of rotatable bonds is 2. The molecule has 0 aromatic rings. The van der Waals surface area contributed by atoms with Gasteiger partial charge in [0, 0.05) is 19.0 Å². The molecule has 1 amide bonds. The second-order valence-corrected chi connectivity index (χ2v) is 5.35. The van der Waals surface area contributed by atoms with Crippen LogP contribution in [0.15, 0.2) is 0 Å². The average molecular weight is 245 g/mol. The number of carbonyl (C=O) groups is 2. The normalized spacial score (nSPS) is 25.5. The lowest BCUT2D eigenvalue weighted by atomic mass is 9.99. The number of alkyl halides is 1. The lowest BCUT2D eigenvalue weighted by Gasteiger charge is -2.37. The minimum absolute atomic E-state index is 0.166. The number of amides is 1. The SMILES string of the molecule is CC(C)(C)OC(=O)N1CC[C@H](F)C[C@@H]1CC=O. The summed E-state index contributed by atoms with van der Waals surface area (Å²) < 4.78 is 18.5. The highest BCUT2D eigenvalue weighted by atomic mass is 19.1. The molecule has 0 N–H and O–H groups in total. The van der Waals surface area contributed by atoms with Crippen molar-refractivity contribution in [3.8, 4) is 0 Å². The summed E-state index contributed by atoms with van der Waals surface area (Å²) >= 11 is 0. The summed E-state index contributed by atoms with van der Waals surface area (Å²) in [4.78, 5) is 23.9. The molecule has 1 aliphatic heterocycles. The van der Waals surface area contributed by atoms with Gasteiger partial charge in [-0.25, -0.2) is 9.18 Å². The number of halogens is 1. The van der Waals surface area contributed by atoms with Crippen LogP contribution >= 0.6 is 0 Å². The molecule has 1 rings (SSSR count). The van der Waals surface area contributed by atoms with Crippen LogP contribution in [0.2, 0.25) is 0 Å². The maximum Gasteiger partial charge on any atom is 0.410 e. The highest BCUT2D eigenvalue weighted by molar-refractivity contribution is 5.69. The molecule has 0 aliphatic carbocycles. The van der Waals surface area contributed by atoms with E-state index in [-0.39, 0.29) is 18.9 Å². The van der Waals surface area contributed by atoms with Crippen molar-refractivity contribution >= 4 is 12.4 Å². The maximum absolute atomic E-state index is 13.2. The first-order valence-electron chi connectivity index (χ1n) is 5.91. The number of carbonyl (C=O) groups excluding carboxylic acids is 2. The van der Waals surface area contributed by atoms with Crippen LogP contribution in [0.1, 0.15) is 40.0 Å². The van der Waals surface area contributed by atoms with Crippen LogP contribution in [0.3, 0.4) is 0 Å². The highest BCUT2D eigenvalue weighted by Gasteiger charge is 2.33. The molecule has 0 unspecified atom stereocenters. The molecule has 1 heterocycles. The van der Waals surface area contributed by atoms with Gasteiger partial charge in [-0.2, -0.15) is 0 Å². The van der Waals surface area contributed by atoms with Crippen LogP contribution in [0.25, 0.3) is 0 Å². The van der Waals surface area contributed by atoms with Crippen LogP contribution in [0.5, 0.6) is 0 Å². The van der Waals surface area contributed by atoms with Crippen molar-refractivity contribution in [1.82, 2.24) is 4.90 Å². The van der Waals surface area contributed by atoms with E-state index in [0.717, 1.165) is 6.29 Å². The summed E-state index contributed by atoms with van der Waals surface area (Å²) in [7, 11) is 0. The summed E-state index contributed by atoms with van der Waals surface area (Å²) in [6, 6.07) is -0.369. The molecular formula is C12H20FNO3. The molecule has 0 bridgehead atoms. The van der Waals surface area contributed by atoms with Crippen LogP contribution in [-0.2, 0) is 9.53 Å². The molecule has 4 nitrogen and oxygen atoms in total. The van der Waals surface area contributed by atoms with Crippen LogP contribution in [0, 0.1) is 0 Å². The molecule has 98 valence electrons. The third-order valence-electron chi connectivity index (χ3n) is 2.65. The smallest absolute Gasteiger partial charge is 0.410 e. The molecule has 1 saturated heterocycles. The van der Waals surface area contributed by atoms with Crippen molar-refractivity contribution in [1.29, 1.82) is 0 Å². The van der Waals surface area contributed by atoms with Gasteiger partial charge in [0.05, 0.1) is 0 Å². The van der Waals surface area contributed by atoms with Gasteiger partial charge in [0.1, 0.15) is 18.1 Å². The Hall–Kier alpha value is -1.13. The van der Waals surface area contributed by atoms with Crippen molar-refractivity contribution in [3.63, 3.8) is 0 Å². The minimum Gasteiger partial charge on any atom is -0.444 e. The molecule has 0 aromatic carbocycles. The van der Waals surface area contributed by atoms with Crippen molar-refractivity contribution in [3.05, 3.63) is 0 Å². The molecule has 0 spiro atoms. The topological polar surface area (TPSA) is 46.6 Å². The molecule has 0 radical (unpaired) electrons. The van der Waals surface area contributed by atoms with E-state index in [0.29, 0.717) is 13.0 Å². The van der Waals surface area contributed by atoms with Crippen LogP contribution < -0.4 is 0 Å². The van der Waals surface area contributed by atoms with Crippen molar-refractivity contribution in [2.24, 2.45) is 0 Å². The molecule has 1 aliphatic rings. The van der Waals surface area contributed by atoms with Gasteiger partial charge >= 0.3 is 6.09 Å². The lowest BCUT2D eigenvalue weighted by molar-refractivity contribution is -0.109. The number of aldehydes is 1. The molecule has 1 fully saturated rings. The monoisotopic (exact) mass is 245 g/mol. The van der Waals surface area contributed by atoms with Gasteiger partial charge in [0.2, 0.25) is 0 Å². The Bertz CT molecular complexity index is 288. The fourth-order valence-electron chi connectivity index (χ4n) is 1.90. The van der Waals surface area contributed by atoms with Crippen LogP contribution in [-0.4, -0.2) is 41.6 Å². The summed E-state index contributed by atoms with van der Waals surface area (Å²) in [5.41, 5.74) is -0.574. The number of piperidine rings is 1. The zero-order valence-electron chi connectivity index (χ0n) is 10.6. The Morgan fingerprint density at radius 2 is 2.18 bits per heavy atom. The predicted molar refractivity (Wildman–Crippen MR) is 61.5 cm³/mol. The summed E-state index contributed by atoms with van der Waals surface area (Å²) in [5.74, 6) is 0. The van der Waals surface area contributed by atoms with E-state index in [2.05, 4.69) is 0 Å². The first-order valence-corrected chi connectivity index (χ1v) is 5.91. The van der Waals surface area contributed by atoms with Gasteiger partial charge in [0.15, 0.2) is 0 Å². The number of nitrogens with zero attached hydrogens (tertiary/aromatic N) is 1. The molecular weight excluding hydrogens is 225 g/mol. The van der Waals surface area contributed by atoms with Crippen molar-refractivity contribution in [2.75, 3.05) is 6.54 Å². The Labute approximate surface area is 101 Å². The van der Waals surface area contributed by atoms with Gasteiger partial charge in [-0.15, -0.1) is 0 Å². The number of ether oxygens (including phenoxy) is 1. The van der Waals surface area contributed by atoms with Gasteiger partial charge in [-0.1, -0.05) is 0 Å². The molecule has 0 saturated carbocycles. The Morgan fingerprint density at radius 3 is 2.71 bits per heavy atom. The van der Waals surface area contributed by atoms with Crippen LogP contribution in [0.4, 0.5) is 9.18 Å². The summed E-state index contributed by atoms with van der Waals surface area (Å²) in [5, 5.41) is 0. The lowest BCUT2D eigenvalue weighted by Crippen LogP contribution is -2.48. The zero-order valence-corrected chi connectivity index (χ0v) is 10.6. The number of hydrogen-bond acceptors (Lipinski definition) is 3.